The fourth-order valence-corrected chi connectivity index (χ4v) is 1.72. The molecule has 1 amide bonds. The second-order valence-corrected chi connectivity index (χ2v) is 3.67. The Kier molecular flexibility index (Phi) is 2.19. The molecule has 0 bridgehead atoms. The molecule has 0 aliphatic carbocycles. The van der Waals surface area contributed by atoms with Crippen LogP contribution in [0, 0.1) is 0 Å². The maximum atomic E-state index is 11.3. The molecular formula is C9H9ClN2O2. The van der Waals surface area contributed by atoms with Crippen LogP contribution in [-0.4, -0.2) is 17.2 Å². The van der Waals surface area contributed by atoms with Gasteiger partial charge in [-0.1, -0.05) is 11.6 Å². The van der Waals surface area contributed by atoms with Crippen molar-refractivity contribution in [2.24, 2.45) is 5.73 Å². The molecule has 1 aliphatic heterocycles. The summed E-state index contributed by atoms with van der Waals surface area (Å²) in [6.45, 7) is 0. The summed E-state index contributed by atoms with van der Waals surface area (Å²) in [5, 5.41) is 10.6. The van der Waals surface area contributed by atoms with Crippen molar-refractivity contribution in [3.63, 3.8) is 0 Å². The minimum absolute atomic E-state index is 0.409. The maximum absolute atomic E-state index is 11.3. The van der Waals surface area contributed by atoms with Crippen molar-refractivity contribution in [3.05, 3.63) is 28.8 Å². The van der Waals surface area contributed by atoms with E-state index in [1.807, 2.05) is 0 Å². The number of rotatable bonds is 0. The van der Waals surface area contributed by atoms with Gasteiger partial charge in [0, 0.05) is 5.02 Å². The monoisotopic (exact) mass is 212 g/mol. The highest BCUT2D eigenvalue weighted by Crippen LogP contribution is 2.28. The first kappa shape index (κ1) is 9.45. The van der Waals surface area contributed by atoms with Crippen molar-refractivity contribution in [2.45, 2.75) is 12.5 Å². The van der Waals surface area contributed by atoms with E-state index >= 15 is 0 Å². The fourth-order valence-electron chi connectivity index (χ4n) is 1.52. The summed E-state index contributed by atoms with van der Waals surface area (Å²) in [6, 6.07) is 4.23. The van der Waals surface area contributed by atoms with Crippen molar-refractivity contribution in [1.82, 2.24) is 0 Å². The van der Waals surface area contributed by atoms with Gasteiger partial charge >= 0.3 is 0 Å². The average molecular weight is 213 g/mol. The van der Waals surface area contributed by atoms with Gasteiger partial charge in [0.2, 0.25) is 0 Å². The molecule has 14 heavy (non-hydrogen) atoms. The summed E-state index contributed by atoms with van der Waals surface area (Å²) in [5.74, 6) is -0.486. The number of nitrogens with zero attached hydrogens (tertiary/aromatic N) is 1. The molecule has 5 heteroatoms. The Morgan fingerprint density at radius 3 is 3.00 bits per heavy atom. The van der Waals surface area contributed by atoms with Gasteiger partial charge in [0.25, 0.3) is 5.91 Å². The zero-order valence-electron chi connectivity index (χ0n) is 7.27. The lowest BCUT2D eigenvalue weighted by Gasteiger charge is -2.27. The van der Waals surface area contributed by atoms with Gasteiger partial charge in [-0.25, -0.2) is 0 Å². The minimum atomic E-state index is -0.689. The zero-order valence-corrected chi connectivity index (χ0v) is 8.03. The molecule has 0 fully saturated rings. The number of fused-ring (bicyclic) bond motifs is 1. The van der Waals surface area contributed by atoms with Crippen LogP contribution in [0.15, 0.2) is 18.2 Å². The molecule has 0 radical (unpaired) electrons. The van der Waals surface area contributed by atoms with Gasteiger partial charge in [-0.15, -0.1) is 0 Å². The highest BCUT2D eigenvalue weighted by Gasteiger charge is 2.29. The van der Waals surface area contributed by atoms with Crippen LogP contribution in [0.5, 0.6) is 0 Å². The van der Waals surface area contributed by atoms with Gasteiger partial charge in [0.1, 0.15) is 0 Å². The molecule has 0 spiro atoms. The topological polar surface area (TPSA) is 66.6 Å². The molecule has 0 aromatic heterocycles. The molecular weight excluding hydrogens is 204 g/mol. The highest BCUT2D eigenvalue weighted by atomic mass is 35.5. The van der Waals surface area contributed by atoms with Crippen LogP contribution < -0.4 is 10.8 Å². The predicted octanol–water partition coefficient (Wildman–Crippen LogP) is 0.946. The van der Waals surface area contributed by atoms with Gasteiger partial charge in [0.15, 0.2) is 0 Å². The summed E-state index contributed by atoms with van der Waals surface area (Å²) >= 11 is 5.78. The summed E-state index contributed by atoms with van der Waals surface area (Å²) in [7, 11) is 0. The number of amides is 1. The summed E-state index contributed by atoms with van der Waals surface area (Å²) < 4.78 is 0. The molecule has 1 aliphatic rings. The van der Waals surface area contributed by atoms with E-state index in [9.17, 15) is 10.0 Å². The van der Waals surface area contributed by atoms with Gasteiger partial charge in [-0.2, -0.15) is 5.06 Å². The van der Waals surface area contributed by atoms with Crippen molar-refractivity contribution in [2.75, 3.05) is 5.06 Å². The Labute approximate surface area is 85.8 Å². The van der Waals surface area contributed by atoms with Crippen molar-refractivity contribution in [3.8, 4) is 0 Å². The zero-order chi connectivity index (χ0) is 10.3. The van der Waals surface area contributed by atoms with E-state index in [-0.39, 0.29) is 0 Å². The molecule has 1 aromatic rings. The number of nitrogens with two attached hydrogens (primary N) is 1. The van der Waals surface area contributed by atoms with E-state index in [0.29, 0.717) is 22.2 Å². The van der Waals surface area contributed by atoms with Crippen LogP contribution in [-0.2, 0) is 11.2 Å². The first-order chi connectivity index (χ1) is 6.59. The SMILES string of the molecule is NC1Cc2cc(Cl)ccc2N(O)C1=O. The highest BCUT2D eigenvalue weighted by molar-refractivity contribution is 6.30. The number of carbonyl (C=O) groups is 1. The Bertz CT molecular complexity index is 394. The van der Waals surface area contributed by atoms with E-state index in [4.69, 9.17) is 17.3 Å². The third kappa shape index (κ3) is 1.37. The lowest BCUT2D eigenvalue weighted by molar-refractivity contribution is -0.125. The van der Waals surface area contributed by atoms with E-state index in [1.54, 1.807) is 18.2 Å². The van der Waals surface area contributed by atoms with Crippen LogP contribution in [0.2, 0.25) is 5.02 Å². The molecule has 1 aromatic carbocycles. The Morgan fingerprint density at radius 1 is 1.57 bits per heavy atom. The molecule has 0 saturated heterocycles. The second kappa shape index (κ2) is 3.24. The number of hydrogen-bond acceptors (Lipinski definition) is 3. The second-order valence-electron chi connectivity index (χ2n) is 3.23. The first-order valence-corrected chi connectivity index (χ1v) is 4.54. The molecule has 2 rings (SSSR count). The number of anilines is 1. The molecule has 1 unspecified atom stereocenters. The number of carbonyl (C=O) groups excluding carboxylic acids is 1. The van der Waals surface area contributed by atoms with E-state index in [0.717, 1.165) is 5.56 Å². The van der Waals surface area contributed by atoms with Gasteiger partial charge in [-0.05, 0) is 30.2 Å². The fraction of sp³-hybridized carbons (Fsp3) is 0.222. The molecule has 1 heterocycles. The van der Waals surface area contributed by atoms with E-state index in [1.165, 1.54) is 0 Å². The molecule has 1 atom stereocenters. The molecule has 0 saturated carbocycles. The molecule has 3 N–H and O–H groups in total. The lowest BCUT2D eigenvalue weighted by atomic mass is 9.99. The third-order valence-corrected chi connectivity index (χ3v) is 2.47. The Balaban J connectivity index is 2.50. The number of hydroxylamine groups is 1. The minimum Gasteiger partial charge on any atom is -0.320 e. The number of hydrogen-bond donors (Lipinski definition) is 2. The van der Waals surface area contributed by atoms with Gasteiger partial charge in [-0.3, -0.25) is 10.0 Å². The standard InChI is InChI=1S/C9H9ClN2O2/c10-6-1-2-8-5(3-6)4-7(11)9(13)12(8)14/h1-3,7,14H,4,11H2. The lowest BCUT2D eigenvalue weighted by Crippen LogP contribution is -2.47. The summed E-state index contributed by atoms with van der Waals surface area (Å²) in [4.78, 5) is 11.3. The van der Waals surface area contributed by atoms with Crippen LogP contribution in [0.25, 0.3) is 0 Å². The van der Waals surface area contributed by atoms with Crippen molar-refractivity contribution < 1.29 is 10.0 Å². The Hall–Kier alpha value is -1.10. The van der Waals surface area contributed by atoms with Crippen LogP contribution in [0.4, 0.5) is 5.69 Å². The largest absolute Gasteiger partial charge is 0.320 e. The van der Waals surface area contributed by atoms with Crippen LogP contribution in [0.1, 0.15) is 5.56 Å². The quantitative estimate of drug-likeness (QED) is 0.630. The smallest absolute Gasteiger partial charge is 0.267 e. The first-order valence-electron chi connectivity index (χ1n) is 4.16. The predicted molar refractivity (Wildman–Crippen MR) is 52.4 cm³/mol. The number of halogens is 1. The van der Waals surface area contributed by atoms with Gasteiger partial charge < -0.3 is 5.73 Å². The Morgan fingerprint density at radius 2 is 2.29 bits per heavy atom. The van der Waals surface area contributed by atoms with Crippen molar-refractivity contribution in [1.29, 1.82) is 0 Å². The third-order valence-electron chi connectivity index (χ3n) is 2.24. The summed E-state index contributed by atoms with van der Waals surface area (Å²) in [5.41, 5.74) is 6.78. The van der Waals surface area contributed by atoms with E-state index in [2.05, 4.69) is 0 Å². The van der Waals surface area contributed by atoms with Crippen LogP contribution >= 0.6 is 11.6 Å². The van der Waals surface area contributed by atoms with Gasteiger partial charge in [0.05, 0.1) is 11.7 Å². The summed E-state index contributed by atoms with van der Waals surface area (Å²) in [6.07, 6.45) is 0.409. The normalized spacial score (nSPS) is 20.9. The van der Waals surface area contributed by atoms with Crippen molar-refractivity contribution >= 4 is 23.2 Å². The molecule has 4 nitrogen and oxygen atoms in total. The average Bonchev–Trinajstić information content (AvgIpc) is 2.14. The maximum Gasteiger partial charge on any atom is 0.267 e. The van der Waals surface area contributed by atoms with Crippen LogP contribution in [0.3, 0.4) is 0 Å². The molecule has 74 valence electrons. The number of benzene rings is 1. The van der Waals surface area contributed by atoms with E-state index < -0.39 is 11.9 Å².